The van der Waals surface area contributed by atoms with Gasteiger partial charge in [0.2, 0.25) is 6.08 Å². The van der Waals surface area contributed by atoms with Crippen LogP contribution in [0.15, 0.2) is 63.6 Å². The maximum Gasteiger partial charge on any atom is 0.314 e. The Morgan fingerprint density at radius 2 is 1.17 bits per heavy atom. The van der Waals surface area contributed by atoms with Gasteiger partial charge < -0.3 is 38.0 Å². The fourth-order valence-corrected chi connectivity index (χ4v) is 6.01. The van der Waals surface area contributed by atoms with Gasteiger partial charge in [-0.2, -0.15) is 21.0 Å². The minimum atomic E-state index is -0.268. The van der Waals surface area contributed by atoms with Crippen LogP contribution in [0, 0.1) is 45.3 Å². The van der Waals surface area contributed by atoms with Crippen LogP contribution in [0.25, 0.3) is 22.3 Å². The fourth-order valence-electron chi connectivity index (χ4n) is 4.39. The summed E-state index contributed by atoms with van der Waals surface area (Å²) in [5.74, 6) is 1.33. The number of nitrogens with two attached hydrogens (primary N) is 3. The van der Waals surface area contributed by atoms with Gasteiger partial charge in [-0.3, -0.25) is 0 Å². The van der Waals surface area contributed by atoms with Crippen LogP contribution in [-0.2, 0) is 4.79 Å². The van der Waals surface area contributed by atoms with Crippen LogP contribution < -0.4 is 27.8 Å². The van der Waals surface area contributed by atoms with Crippen molar-refractivity contribution in [3.05, 3.63) is 70.8 Å². The van der Waals surface area contributed by atoms with Crippen molar-refractivity contribution in [2.75, 3.05) is 49.2 Å². The number of nitrogen functional groups attached to an aromatic ring is 2. The summed E-state index contributed by atoms with van der Waals surface area (Å²) in [7, 11) is 0. The molecule has 2 aromatic carbocycles. The summed E-state index contributed by atoms with van der Waals surface area (Å²) in [5.41, 5.74) is 20.1. The first-order valence-corrected chi connectivity index (χ1v) is 17.9. The second kappa shape index (κ2) is 22.9. The zero-order valence-electron chi connectivity index (χ0n) is 29.3. The lowest BCUT2D eigenvalue weighted by molar-refractivity contribution is 0.242. The molecular formula is C36H36N12O4S2. The monoisotopic (exact) mass is 764 g/mol. The van der Waals surface area contributed by atoms with E-state index in [2.05, 4.69) is 37.7 Å². The number of pyridine rings is 2. The highest BCUT2D eigenvalue weighted by atomic mass is 32.2. The maximum absolute atomic E-state index is 11.4. The number of urea groups is 1. The Hall–Kier alpha value is -6.79. The molecule has 0 aliphatic heterocycles. The van der Waals surface area contributed by atoms with Gasteiger partial charge in [-0.1, -0.05) is 24.3 Å². The predicted octanol–water partition coefficient (Wildman–Crippen LogP) is 4.36. The second-order valence-corrected chi connectivity index (χ2v) is 12.4. The molecule has 0 bridgehead atoms. The molecule has 0 unspecified atom stereocenters. The Labute approximate surface area is 320 Å². The van der Waals surface area contributed by atoms with Gasteiger partial charge in [-0.25, -0.2) is 24.5 Å². The van der Waals surface area contributed by atoms with Gasteiger partial charge in [-0.05, 0) is 49.2 Å². The third kappa shape index (κ3) is 12.2. The van der Waals surface area contributed by atoms with Crippen molar-refractivity contribution in [3.63, 3.8) is 0 Å². The number of aromatic nitrogens is 2. The molecule has 0 aliphatic rings. The number of phenols is 2. The van der Waals surface area contributed by atoms with E-state index in [-0.39, 0.29) is 51.4 Å². The summed E-state index contributed by atoms with van der Waals surface area (Å²) in [6.07, 6.45) is 1.39. The molecule has 4 aromatic rings. The largest absolute Gasteiger partial charge is 0.508 e. The van der Waals surface area contributed by atoms with E-state index in [0.29, 0.717) is 70.0 Å². The van der Waals surface area contributed by atoms with Crippen molar-refractivity contribution in [2.24, 2.45) is 10.7 Å². The standard InChI is InChI=1S/C18H18N6O2S.C15H13N5OS.C3H5NO/c1-2-22-18(26)23-7-8-27-17-14(10-20)15(13(9-19)16(21)24-17)11-3-5-12(25)6-4-11;16-5-6-22-15-12(8-18)13(11(7-17)14(19)20-15)9-1-3-10(21)4-2-9;1-2-4-3-5/h3-6,25H,2,7-8H2,1H3,(H2,21,24)(H2,22,23,26);1-4,21H,5-6,16H2,(H2,19,20);2H2,1H3. The fraction of sp³-hybridized carbons (Fsp3) is 0.222. The number of aromatic hydroxyl groups is 2. The molecule has 0 aliphatic carbocycles. The van der Waals surface area contributed by atoms with Crippen LogP contribution in [0.2, 0.25) is 0 Å². The molecule has 0 spiro atoms. The van der Waals surface area contributed by atoms with Gasteiger partial charge in [0.1, 0.15) is 68.6 Å². The first-order chi connectivity index (χ1) is 26.0. The van der Waals surface area contributed by atoms with E-state index in [1.807, 2.05) is 19.1 Å². The Balaban J connectivity index is 0.000000337. The van der Waals surface area contributed by atoms with Crippen LogP contribution >= 0.6 is 23.5 Å². The predicted molar refractivity (Wildman–Crippen MR) is 207 cm³/mol. The molecule has 54 heavy (non-hydrogen) atoms. The average molecular weight is 765 g/mol. The van der Waals surface area contributed by atoms with Crippen molar-refractivity contribution in [1.82, 2.24) is 20.6 Å². The van der Waals surface area contributed by atoms with Gasteiger partial charge in [-0.15, -0.1) is 23.5 Å². The number of nitrogens with one attached hydrogen (secondary N) is 2. The number of rotatable bonds is 11. The smallest absolute Gasteiger partial charge is 0.314 e. The zero-order valence-corrected chi connectivity index (χ0v) is 30.9. The van der Waals surface area contributed by atoms with Gasteiger partial charge >= 0.3 is 6.03 Å². The van der Waals surface area contributed by atoms with Crippen molar-refractivity contribution < 1.29 is 19.8 Å². The quantitative estimate of drug-likeness (QED) is 0.0483. The highest BCUT2D eigenvalue weighted by Crippen LogP contribution is 2.37. The second-order valence-electron chi connectivity index (χ2n) is 10.2. The van der Waals surface area contributed by atoms with Crippen molar-refractivity contribution >= 4 is 47.3 Å². The van der Waals surface area contributed by atoms with E-state index < -0.39 is 0 Å². The van der Waals surface area contributed by atoms with Crippen LogP contribution in [0.3, 0.4) is 0 Å². The minimum Gasteiger partial charge on any atom is -0.508 e. The molecule has 2 amide bonds. The Kier molecular flexibility index (Phi) is 18.4. The summed E-state index contributed by atoms with van der Waals surface area (Å²) in [6, 6.07) is 20.3. The number of hydrogen-bond acceptors (Lipinski definition) is 16. The topological polar surface area (TPSA) is 310 Å². The molecular weight excluding hydrogens is 729 g/mol. The van der Waals surface area contributed by atoms with Gasteiger partial charge in [0.05, 0.1) is 11.1 Å². The number of nitrogens with zero attached hydrogens (tertiary/aromatic N) is 7. The average Bonchev–Trinajstić information content (AvgIpc) is 3.16. The lowest BCUT2D eigenvalue weighted by atomic mass is 9.97. The van der Waals surface area contributed by atoms with Crippen LogP contribution in [0.1, 0.15) is 36.1 Å². The van der Waals surface area contributed by atoms with E-state index in [4.69, 9.17) is 22.0 Å². The molecule has 0 saturated carbocycles. The first kappa shape index (κ1) is 43.4. The third-order valence-corrected chi connectivity index (χ3v) is 8.67. The van der Waals surface area contributed by atoms with E-state index >= 15 is 0 Å². The Bertz CT molecular complexity index is 2130. The number of phenolic OH excluding ortho intramolecular Hbond substituents is 2. The van der Waals surface area contributed by atoms with Crippen molar-refractivity contribution in [1.29, 1.82) is 21.0 Å². The number of aliphatic imine (C=N–C) groups is 1. The van der Waals surface area contributed by atoms with Crippen molar-refractivity contribution in [2.45, 2.75) is 23.9 Å². The molecule has 0 atom stereocenters. The number of anilines is 2. The third-order valence-electron chi connectivity index (χ3n) is 6.69. The number of benzene rings is 2. The minimum absolute atomic E-state index is 0.0266. The van der Waals surface area contributed by atoms with E-state index in [1.165, 1.54) is 53.9 Å². The summed E-state index contributed by atoms with van der Waals surface area (Å²) in [5, 5.41) is 63.0. The molecule has 0 radical (unpaired) electrons. The highest BCUT2D eigenvalue weighted by molar-refractivity contribution is 7.99. The summed E-state index contributed by atoms with van der Waals surface area (Å²) < 4.78 is 0. The number of isocyanates is 1. The number of amides is 2. The number of hydrogen-bond donors (Lipinski definition) is 7. The maximum atomic E-state index is 11.4. The van der Waals surface area contributed by atoms with Crippen LogP contribution in [0.5, 0.6) is 11.5 Å². The molecule has 18 heteroatoms. The summed E-state index contributed by atoms with van der Waals surface area (Å²) in [6.45, 7) is 5.49. The van der Waals surface area contributed by atoms with Crippen LogP contribution in [-0.4, -0.2) is 70.0 Å². The summed E-state index contributed by atoms with van der Waals surface area (Å²) >= 11 is 2.58. The number of nitriles is 4. The van der Waals surface area contributed by atoms with E-state index in [1.54, 1.807) is 31.2 Å². The Morgan fingerprint density at radius 1 is 0.741 bits per heavy atom. The van der Waals surface area contributed by atoms with E-state index in [0.717, 1.165) is 0 Å². The molecule has 0 saturated heterocycles. The van der Waals surface area contributed by atoms with E-state index in [9.17, 15) is 36.1 Å². The number of carbonyl (C=O) groups is 1. The highest BCUT2D eigenvalue weighted by Gasteiger charge is 2.21. The van der Waals surface area contributed by atoms with Crippen molar-refractivity contribution in [3.8, 4) is 58.0 Å². The molecule has 2 heterocycles. The lowest BCUT2D eigenvalue weighted by Crippen LogP contribution is -2.36. The summed E-state index contributed by atoms with van der Waals surface area (Å²) in [4.78, 5) is 32.0. The lowest BCUT2D eigenvalue weighted by Gasteiger charge is -2.13. The van der Waals surface area contributed by atoms with Crippen LogP contribution in [0.4, 0.5) is 16.4 Å². The van der Waals surface area contributed by atoms with Gasteiger partial charge in [0.25, 0.3) is 0 Å². The molecule has 4 rings (SSSR count). The molecule has 276 valence electrons. The number of carbonyl (C=O) groups excluding carboxylic acids is 2. The molecule has 0 fully saturated rings. The zero-order chi connectivity index (χ0) is 40.0. The Morgan fingerprint density at radius 3 is 1.50 bits per heavy atom. The van der Waals surface area contributed by atoms with Gasteiger partial charge in [0, 0.05) is 48.8 Å². The molecule has 10 N–H and O–H groups in total. The molecule has 16 nitrogen and oxygen atoms in total. The first-order valence-electron chi connectivity index (χ1n) is 15.9. The SMILES string of the molecule is CCN=C=O.CCNC(=O)NCCSc1nc(N)c(C#N)c(-c2ccc(O)cc2)c1C#N.N#Cc1c(N)nc(SCCN)c(C#N)c1-c1ccc(O)cc1. The number of thioether (sulfide) groups is 2. The molecule has 2 aromatic heterocycles. The van der Waals surface area contributed by atoms with Gasteiger partial charge in [0.15, 0.2) is 0 Å². The normalized spacial score (nSPS) is 9.54.